The van der Waals surface area contributed by atoms with E-state index in [-0.39, 0.29) is 30.8 Å². The van der Waals surface area contributed by atoms with Gasteiger partial charge in [0.25, 0.3) is 5.91 Å². The summed E-state index contributed by atoms with van der Waals surface area (Å²) >= 11 is 5.63. The van der Waals surface area contributed by atoms with E-state index in [1.165, 1.54) is 6.07 Å². The summed E-state index contributed by atoms with van der Waals surface area (Å²) in [4.78, 5) is 28.1. The number of fused-ring (bicyclic) bond motifs is 3. The van der Waals surface area contributed by atoms with Gasteiger partial charge in [0.1, 0.15) is 0 Å². The highest BCUT2D eigenvalue weighted by molar-refractivity contribution is 6.31. The Morgan fingerprint density at radius 1 is 1.18 bits per heavy atom. The van der Waals surface area contributed by atoms with Gasteiger partial charge in [-0.05, 0) is 61.2 Å². The Hall–Kier alpha value is -3.24. The summed E-state index contributed by atoms with van der Waals surface area (Å²) in [5, 5.41) is 17.2. The van der Waals surface area contributed by atoms with Crippen LogP contribution in [0.25, 0.3) is 10.9 Å². The van der Waals surface area contributed by atoms with Crippen molar-refractivity contribution in [3.05, 3.63) is 63.8 Å². The number of nitrogens with one attached hydrogen (secondary N) is 4. The fourth-order valence-electron chi connectivity index (χ4n) is 4.13. The second kappa shape index (κ2) is 9.55. The van der Waals surface area contributed by atoms with Crippen LogP contribution in [0.2, 0.25) is 5.02 Å². The molecule has 180 valence electrons. The molecule has 4 rings (SSSR count). The van der Waals surface area contributed by atoms with Crippen molar-refractivity contribution in [3.8, 4) is 0 Å². The van der Waals surface area contributed by atoms with Gasteiger partial charge in [0.2, 0.25) is 0 Å². The number of rotatable bonds is 5. The molecule has 1 heterocycles. The van der Waals surface area contributed by atoms with Crippen LogP contribution in [-0.4, -0.2) is 41.2 Å². The number of amides is 3. The van der Waals surface area contributed by atoms with Crippen LogP contribution < -0.4 is 16.0 Å². The third kappa shape index (κ3) is 5.13. The molecule has 1 aliphatic carbocycles. The van der Waals surface area contributed by atoms with Gasteiger partial charge in [0.15, 0.2) is 0 Å². The summed E-state index contributed by atoms with van der Waals surface area (Å²) in [5.41, 5.74) is 2.29. The molecule has 3 aromatic rings. The molecule has 1 unspecified atom stereocenters. The van der Waals surface area contributed by atoms with Crippen molar-refractivity contribution in [1.29, 1.82) is 0 Å². The van der Waals surface area contributed by atoms with E-state index in [4.69, 9.17) is 16.7 Å². The Bertz CT molecular complexity index is 1240. The van der Waals surface area contributed by atoms with Gasteiger partial charge < -0.3 is 26.0 Å². The topological polar surface area (TPSA) is 106 Å². The molecule has 1 aliphatic rings. The molecule has 0 bridgehead atoms. The second-order valence-electron chi connectivity index (χ2n) is 8.05. The maximum atomic E-state index is 13.1. The van der Waals surface area contributed by atoms with E-state index < -0.39 is 22.8 Å². The Labute approximate surface area is 197 Å². The average molecular weight is 495 g/mol. The van der Waals surface area contributed by atoms with E-state index in [2.05, 4.69) is 20.9 Å². The van der Waals surface area contributed by atoms with Crippen LogP contribution in [0, 0.1) is 0 Å². The molecule has 1 atom stereocenters. The van der Waals surface area contributed by atoms with Crippen LogP contribution in [0.3, 0.4) is 0 Å². The standard InChI is InChI=1S/C23H22ClF3N4O3/c24-18-4-2-14(11-17(18)23(25,26)27)30-22(34)29-13-3-6-20-16(10-13)15-9-12(1-5-19(15)31-20)21(33)28-7-8-32/h1-2,4-5,9,11,13,31-32H,3,6-8,10H2,(H,28,33)(H2,29,30,34). The fraction of sp³-hybridized carbons (Fsp3) is 0.304. The molecule has 34 heavy (non-hydrogen) atoms. The van der Waals surface area contributed by atoms with Crippen molar-refractivity contribution in [2.45, 2.75) is 31.5 Å². The van der Waals surface area contributed by atoms with Crippen molar-refractivity contribution >= 4 is 40.1 Å². The third-order valence-corrected chi connectivity index (χ3v) is 6.04. The number of carbonyl (C=O) groups is 2. The first-order valence-corrected chi connectivity index (χ1v) is 11.0. The average Bonchev–Trinajstić information content (AvgIpc) is 3.15. The third-order valence-electron chi connectivity index (χ3n) is 5.71. The normalized spacial score (nSPS) is 15.6. The first kappa shape index (κ1) is 23.9. The lowest BCUT2D eigenvalue weighted by molar-refractivity contribution is -0.137. The number of aliphatic hydroxyl groups is 1. The zero-order valence-electron chi connectivity index (χ0n) is 17.9. The van der Waals surface area contributed by atoms with Gasteiger partial charge in [-0.15, -0.1) is 0 Å². The van der Waals surface area contributed by atoms with Crippen LogP contribution in [0.4, 0.5) is 23.7 Å². The minimum Gasteiger partial charge on any atom is -0.395 e. The molecule has 1 aromatic heterocycles. The molecule has 0 radical (unpaired) electrons. The Morgan fingerprint density at radius 2 is 1.97 bits per heavy atom. The van der Waals surface area contributed by atoms with Crippen molar-refractivity contribution in [1.82, 2.24) is 15.6 Å². The van der Waals surface area contributed by atoms with Crippen LogP contribution >= 0.6 is 11.6 Å². The highest BCUT2D eigenvalue weighted by Crippen LogP contribution is 2.36. The zero-order valence-corrected chi connectivity index (χ0v) is 18.6. The number of aryl methyl sites for hydroxylation is 1. The van der Waals surface area contributed by atoms with Crippen molar-refractivity contribution in [3.63, 3.8) is 0 Å². The molecule has 0 aliphatic heterocycles. The smallest absolute Gasteiger partial charge is 0.395 e. The zero-order chi connectivity index (χ0) is 24.5. The molecular formula is C23H22ClF3N4O3. The van der Waals surface area contributed by atoms with Gasteiger partial charge >= 0.3 is 12.2 Å². The van der Waals surface area contributed by atoms with Gasteiger partial charge in [-0.1, -0.05) is 11.6 Å². The molecule has 7 nitrogen and oxygen atoms in total. The van der Waals surface area contributed by atoms with Crippen LogP contribution in [-0.2, 0) is 19.0 Å². The number of hydrogen-bond acceptors (Lipinski definition) is 3. The van der Waals surface area contributed by atoms with E-state index in [1.807, 2.05) is 6.07 Å². The monoisotopic (exact) mass is 494 g/mol. The number of aromatic amines is 1. The molecule has 11 heteroatoms. The minimum atomic E-state index is -4.63. The maximum Gasteiger partial charge on any atom is 0.417 e. The SMILES string of the molecule is O=C(Nc1ccc(Cl)c(C(F)(F)F)c1)NC1CCc2[nH]c3ccc(C(=O)NCCO)cc3c2C1. The lowest BCUT2D eigenvalue weighted by Gasteiger charge is -2.24. The Balaban J connectivity index is 1.46. The number of aliphatic hydroxyl groups excluding tert-OH is 1. The first-order chi connectivity index (χ1) is 16.2. The van der Waals surface area contributed by atoms with E-state index >= 15 is 0 Å². The summed E-state index contributed by atoms with van der Waals surface area (Å²) in [7, 11) is 0. The lowest BCUT2D eigenvalue weighted by Crippen LogP contribution is -2.41. The summed E-state index contributed by atoms with van der Waals surface area (Å²) in [6.07, 6.45) is -2.82. The number of H-pyrrole nitrogens is 1. The Morgan fingerprint density at radius 3 is 2.71 bits per heavy atom. The number of halogens is 4. The van der Waals surface area contributed by atoms with E-state index in [0.29, 0.717) is 24.8 Å². The van der Waals surface area contributed by atoms with Gasteiger partial charge in [-0.3, -0.25) is 4.79 Å². The second-order valence-corrected chi connectivity index (χ2v) is 8.46. The molecule has 2 aromatic carbocycles. The van der Waals surface area contributed by atoms with E-state index in [9.17, 15) is 22.8 Å². The van der Waals surface area contributed by atoms with E-state index in [0.717, 1.165) is 34.3 Å². The highest BCUT2D eigenvalue weighted by atomic mass is 35.5. The molecule has 0 saturated carbocycles. The molecule has 0 saturated heterocycles. The largest absolute Gasteiger partial charge is 0.417 e. The Kier molecular flexibility index (Phi) is 6.72. The van der Waals surface area contributed by atoms with Crippen LogP contribution in [0.5, 0.6) is 0 Å². The summed E-state index contributed by atoms with van der Waals surface area (Å²) in [6, 6.07) is 7.61. The molecule has 3 amide bonds. The predicted molar refractivity (Wildman–Crippen MR) is 122 cm³/mol. The summed E-state index contributed by atoms with van der Waals surface area (Å²) < 4.78 is 39.2. The van der Waals surface area contributed by atoms with Crippen LogP contribution in [0.15, 0.2) is 36.4 Å². The number of anilines is 1. The fourth-order valence-corrected chi connectivity index (χ4v) is 4.35. The molecular weight excluding hydrogens is 473 g/mol. The number of carbonyl (C=O) groups excluding carboxylic acids is 2. The number of urea groups is 1. The first-order valence-electron chi connectivity index (χ1n) is 10.6. The predicted octanol–water partition coefficient (Wildman–Crippen LogP) is 4.24. The minimum absolute atomic E-state index is 0.0173. The van der Waals surface area contributed by atoms with Crippen molar-refractivity contribution in [2.24, 2.45) is 0 Å². The van der Waals surface area contributed by atoms with Gasteiger partial charge in [0.05, 0.1) is 17.2 Å². The maximum absolute atomic E-state index is 13.1. The van der Waals surface area contributed by atoms with Gasteiger partial charge in [-0.2, -0.15) is 13.2 Å². The van der Waals surface area contributed by atoms with Crippen LogP contribution in [0.1, 0.15) is 33.6 Å². The summed E-state index contributed by atoms with van der Waals surface area (Å²) in [6.45, 7) is -0.00219. The number of benzene rings is 2. The molecule has 0 spiro atoms. The number of alkyl halides is 3. The number of aromatic nitrogens is 1. The number of hydrogen-bond donors (Lipinski definition) is 5. The van der Waals surface area contributed by atoms with Gasteiger partial charge in [-0.25, -0.2) is 4.79 Å². The molecule has 5 N–H and O–H groups in total. The summed E-state index contributed by atoms with van der Waals surface area (Å²) in [5.74, 6) is -0.294. The van der Waals surface area contributed by atoms with Gasteiger partial charge in [0, 0.05) is 40.4 Å². The molecule has 0 fully saturated rings. The highest BCUT2D eigenvalue weighted by Gasteiger charge is 2.33. The van der Waals surface area contributed by atoms with Crippen molar-refractivity contribution < 1.29 is 27.9 Å². The quantitative estimate of drug-likeness (QED) is 0.366. The lowest BCUT2D eigenvalue weighted by atomic mass is 9.91. The van der Waals surface area contributed by atoms with Crippen molar-refractivity contribution in [2.75, 3.05) is 18.5 Å². The van der Waals surface area contributed by atoms with E-state index in [1.54, 1.807) is 12.1 Å².